The Hall–Kier alpha value is -0.850. The molecule has 0 amide bonds. The average molecular weight is 166 g/mol. The SMILES string of the molecule is CC=C(C)CC(=O)CC(C)=CC. The Morgan fingerprint density at radius 2 is 1.33 bits per heavy atom. The van der Waals surface area contributed by atoms with Gasteiger partial charge in [-0.3, -0.25) is 4.79 Å². The molecule has 12 heavy (non-hydrogen) atoms. The van der Waals surface area contributed by atoms with E-state index in [0.29, 0.717) is 18.6 Å². The number of allylic oxidation sites excluding steroid dienone is 4. The number of carbonyl (C=O) groups is 1. The molecule has 0 N–H and O–H groups in total. The second-order valence-electron chi connectivity index (χ2n) is 3.16. The van der Waals surface area contributed by atoms with Crippen molar-refractivity contribution in [1.29, 1.82) is 0 Å². The monoisotopic (exact) mass is 166 g/mol. The molecule has 0 aromatic rings. The second-order valence-corrected chi connectivity index (χ2v) is 3.16. The molecule has 0 unspecified atom stereocenters. The van der Waals surface area contributed by atoms with Crippen molar-refractivity contribution in [2.75, 3.05) is 0 Å². The van der Waals surface area contributed by atoms with Crippen LogP contribution in [0.5, 0.6) is 0 Å². The van der Waals surface area contributed by atoms with Gasteiger partial charge in [-0.1, -0.05) is 23.3 Å². The molecule has 0 aromatic heterocycles. The predicted molar refractivity (Wildman–Crippen MR) is 53.1 cm³/mol. The third kappa shape index (κ3) is 4.89. The summed E-state index contributed by atoms with van der Waals surface area (Å²) < 4.78 is 0. The van der Waals surface area contributed by atoms with E-state index in [1.807, 2.05) is 39.8 Å². The number of hydrogen-bond acceptors (Lipinski definition) is 1. The van der Waals surface area contributed by atoms with Gasteiger partial charge in [0.2, 0.25) is 0 Å². The van der Waals surface area contributed by atoms with Gasteiger partial charge in [-0.15, -0.1) is 0 Å². The van der Waals surface area contributed by atoms with Gasteiger partial charge in [-0.05, 0) is 27.7 Å². The van der Waals surface area contributed by atoms with E-state index in [4.69, 9.17) is 0 Å². The molecule has 0 saturated carbocycles. The molecule has 0 aliphatic carbocycles. The molecule has 0 aliphatic heterocycles. The Morgan fingerprint density at radius 1 is 1.00 bits per heavy atom. The van der Waals surface area contributed by atoms with Gasteiger partial charge in [0.15, 0.2) is 0 Å². The van der Waals surface area contributed by atoms with Crippen LogP contribution in [0.2, 0.25) is 0 Å². The first-order valence-corrected chi connectivity index (χ1v) is 4.35. The Bertz CT molecular complexity index is 187. The fourth-order valence-corrected chi connectivity index (χ4v) is 0.889. The molecule has 0 bridgehead atoms. The van der Waals surface area contributed by atoms with E-state index in [1.165, 1.54) is 0 Å². The number of carbonyl (C=O) groups excluding carboxylic acids is 1. The van der Waals surface area contributed by atoms with Crippen LogP contribution in [0.3, 0.4) is 0 Å². The molecule has 0 saturated heterocycles. The maximum absolute atomic E-state index is 11.3. The van der Waals surface area contributed by atoms with E-state index < -0.39 is 0 Å². The lowest BCUT2D eigenvalue weighted by Gasteiger charge is -2.00. The van der Waals surface area contributed by atoms with Crippen LogP contribution in [0.25, 0.3) is 0 Å². The highest BCUT2D eigenvalue weighted by atomic mass is 16.1. The number of rotatable bonds is 4. The van der Waals surface area contributed by atoms with Crippen molar-refractivity contribution in [1.82, 2.24) is 0 Å². The third-order valence-electron chi connectivity index (χ3n) is 1.94. The molecule has 0 aliphatic rings. The topological polar surface area (TPSA) is 17.1 Å². The predicted octanol–water partition coefficient (Wildman–Crippen LogP) is 3.27. The van der Waals surface area contributed by atoms with Crippen molar-refractivity contribution in [3.05, 3.63) is 23.3 Å². The van der Waals surface area contributed by atoms with E-state index in [1.54, 1.807) is 0 Å². The maximum Gasteiger partial charge on any atom is 0.140 e. The van der Waals surface area contributed by atoms with E-state index >= 15 is 0 Å². The molecule has 68 valence electrons. The van der Waals surface area contributed by atoms with Crippen LogP contribution >= 0.6 is 0 Å². The van der Waals surface area contributed by atoms with Gasteiger partial charge in [0.1, 0.15) is 5.78 Å². The van der Waals surface area contributed by atoms with Crippen molar-refractivity contribution >= 4 is 5.78 Å². The lowest BCUT2D eigenvalue weighted by molar-refractivity contribution is -0.117. The molecular weight excluding hydrogens is 148 g/mol. The summed E-state index contributed by atoms with van der Waals surface area (Å²) in [6.45, 7) is 7.90. The minimum Gasteiger partial charge on any atom is -0.299 e. The molecule has 0 heterocycles. The molecular formula is C11H18O. The standard InChI is InChI=1S/C11H18O/c1-5-9(3)7-11(12)8-10(4)6-2/h5-6H,7-8H2,1-4H3. The Balaban J connectivity index is 3.91. The van der Waals surface area contributed by atoms with Crippen molar-refractivity contribution in [3.8, 4) is 0 Å². The first-order valence-electron chi connectivity index (χ1n) is 4.35. The summed E-state index contributed by atoms with van der Waals surface area (Å²) in [6.07, 6.45) is 5.18. The first kappa shape index (κ1) is 11.2. The molecule has 0 atom stereocenters. The van der Waals surface area contributed by atoms with Crippen molar-refractivity contribution in [2.24, 2.45) is 0 Å². The Morgan fingerprint density at radius 3 is 1.58 bits per heavy atom. The lowest BCUT2D eigenvalue weighted by atomic mass is 10.0. The summed E-state index contributed by atoms with van der Waals surface area (Å²) in [6, 6.07) is 0. The van der Waals surface area contributed by atoms with Crippen LogP contribution in [0, 0.1) is 0 Å². The largest absolute Gasteiger partial charge is 0.299 e. The Labute approximate surface area is 75.2 Å². The molecule has 0 rings (SSSR count). The van der Waals surface area contributed by atoms with Crippen LogP contribution in [-0.4, -0.2) is 5.78 Å². The van der Waals surface area contributed by atoms with Crippen LogP contribution in [0.4, 0.5) is 0 Å². The van der Waals surface area contributed by atoms with Crippen LogP contribution in [-0.2, 0) is 4.79 Å². The van der Waals surface area contributed by atoms with Gasteiger partial charge in [0.05, 0.1) is 0 Å². The van der Waals surface area contributed by atoms with Gasteiger partial charge >= 0.3 is 0 Å². The molecule has 0 radical (unpaired) electrons. The zero-order valence-electron chi connectivity index (χ0n) is 8.48. The fraction of sp³-hybridized carbons (Fsp3) is 0.545. The van der Waals surface area contributed by atoms with Gasteiger partial charge in [0.25, 0.3) is 0 Å². The van der Waals surface area contributed by atoms with E-state index in [9.17, 15) is 4.79 Å². The summed E-state index contributed by atoms with van der Waals surface area (Å²) in [5, 5.41) is 0. The fourth-order valence-electron chi connectivity index (χ4n) is 0.889. The zero-order chi connectivity index (χ0) is 9.56. The highest BCUT2D eigenvalue weighted by Gasteiger charge is 2.02. The van der Waals surface area contributed by atoms with Crippen LogP contribution in [0.1, 0.15) is 40.5 Å². The molecule has 0 fully saturated rings. The highest BCUT2D eigenvalue weighted by molar-refractivity contribution is 5.82. The van der Waals surface area contributed by atoms with Gasteiger partial charge in [0, 0.05) is 12.8 Å². The lowest BCUT2D eigenvalue weighted by Crippen LogP contribution is -1.98. The quantitative estimate of drug-likeness (QED) is 0.586. The highest BCUT2D eigenvalue weighted by Crippen LogP contribution is 2.07. The van der Waals surface area contributed by atoms with Gasteiger partial charge in [-0.25, -0.2) is 0 Å². The van der Waals surface area contributed by atoms with E-state index in [2.05, 4.69) is 0 Å². The number of hydrogen-bond donors (Lipinski definition) is 0. The summed E-state index contributed by atoms with van der Waals surface area (Å²) in [5.74, 6) is 0.307. The number of ketones is 1. The van der Waals surface area contributed by atoms with Crippen LogP contribution in [0.15, 0.2) is 23.3 Å². The minimum absolute atomic E-state index is 0.307. The van der Waals surface area contributed by atoms with E-state index in [0.717, 1.165) is 11.1 Å². The molecule has 1 heteroatoms. The average Bonchev–Trinajstić information content (AvgIpc) is 2.03. The maximum atomic E-state index is 11.3. The normalized spacial score (nSPS) is 13.3. The third-order valence-corrected chi connectivity index (χ3v) is 1.94. The first-order chi connectivity index (χ1) is 5.60. The summed E-state index contributed by atoms with van der Waals surface area (Å²) in [4.78, 5) is 11.3. The summed E-state index contributed by atoms with van der Waals surface area (Å²) in [7, 11) is 0. The van der Waals surface area contributed by atoms with Crippen molar-refractivity contribution < 1.29 is 4.79 Å². The van der Waals surface area contributed by atoms with E-state index in [-0.39, 0.29) is 0 Å². The molecule has 1 nitrogen and oxygen atoms in total. The molecule has 0 aromatic carbocycles. The van der Waals surface area contributed by atoms with Gasteiger partial charge in [-0.2, -0.15) is 0 Å². The zero-order valence-corrected chi connectivity index (χ0v) is 8.48. The van der Waals surface area contributed by atoms with Crippen LogP contribution < -0.4 is 0 Å². The second kappa shape index (κ2) is 5.76. The van der Waals surface area contributed by atoms with Gasteiger partial charge < -0.3 is 0 Å². The summed E-state index contributed by atoms with van der Waals surface area (Å²) in [5.41, 5.74) is 2.31. The summed E-state index contributed by atoms with van der Waals surface area (Å²) >= 11 is 0. The Kier molecular flexibility index (Phi) is 5.35. The molecule has 0 spiro atoms. The van der Waals surface area contributed by atoms with Crippen molar-refractivity contribution in [2.45, 2.75) is 40.5 Å². The number of Topliss-reactive ketones (excluding diaryl/α,β-unsaturated/α-hetero) is 1. The van der Waals surface area contributed by atoms with Crippen molar-refractivity contribution in [3.63, 3.8) is 0 Å². The minimum atomic E-state index is 0.307. The smallest absolute Gasteiger partial charge is 0.140 e.